The molecular formula is C44H58NO2P. The van der Waals surface area contributed by atoms with Gasteiger partial charge in [0.15, 0.2) is 0 Å². The number of ether oxygens (including phenoxy) is 2. The van der Waals surface area contributed by atoms with Crippen molar-refractivity contribution < 1.29 is 9.47 Å². The molecular weight excluding hydrogens is 605 g/mol. The van der Waals surface area contributed by atoms with Crippen molar-refractivity contribution in [3.8, 4) is 33.8 Å². The first kappa shape index (κ1) is 36.0. The third kappa shape index (κ3) is 9.03. The molecule has 2 aliphatic rings. The maximum atomic E-state index is 6.32. The smallest absolute Gasteiger partial charge is 0.131 e. The Morgan fingerprint density at radius 1 is 0.583 bits per heavy atom. The van der Waals surface area contributed by atoms with Crippen LogP contribution in [0.25, 0.3) is 22.3 Å². The van der Waals surface area contributed by atoms with Crippen LogP contribution in [0, 0.1) is 0 Å². The predicted molar refractivity (Wildman–Crippen MR) is 211 cm³/mol. The topological polar surface area (TPSA) is 21.7 Å². The lowest BCUT2D eigenvalue weighted by atomic mass is 9.75. The second-order valence-corrected chi connectivity index (χ2v) is 15.0. The SMILES string of the molecule is CC(C)Oc1cccc(OC(C)C)c1-c1ccc(C2CCCCC2)c(C2CCCCC2)c1P.CN(C)c1ccccc1-c1ccccc1. The van der Waals surface area contributed by atoms with E-state index >= 15 is 0 Å². The highest BCUT2D eigenvalue weighted by Gasteiger charge is 2.28. The van der Waals surface area contributed by atoms with Gasteiger partial charge in [0, 0.05) is 25.3 Å². The maximum Gasteiger partial charge on any atom is 0.131 e. The van der Waals surface area contributed by atoms with Crippen LogP contribution in [0.1, 0.15) is 115 Å². The van der Waals surface area contributed by atoms with Crippen LogP contribution in [-0.4, -0.2) is 26.3 Å². The molecule has 0 spiro atoms. The fourth-order valence-corrected chi connectivity index (χ4v) is 8.34. The van der Waals surface area contributed by atoms with Gasteiger partial charge in [0.1, 0.15) is 11.5 Å². The average Bonchev–Trinajstić information content (AvgIpc) is 3.09. The molecule has 256 valence electrons. The molecule has 0 N–H and O–H groups in total. The van der Waals surface area contributed by atoms with Crippen molar-refractivity contribution in [3.05, 3.63) is 96.1 Å². The van der Waals surface area contributed by atoms with Crippen LogP contribution in [0.5, 0.6) is 11.5 Å². The number of nitrogens with zero attached hydrogens (tertiary/aromatic N) is 1. The zero-order valence-corrected chi connectivity index (χ0v) is 31.5. The second-order valence-electron chi connectivity index (χ2n) is 14.4. The number of hydrogen-bond donors (Lipinski definition) is 0. The summed E-state index contributed by atoms with van der Waals surface area (Å²) in [6.07, 6.45) is 13.8. The van der Waals surface area contributed by atoms with E-state index in [0.717, 1.165) is 23.0 Å². The maximum absolute atomic E-state index is 6.32. The Bertz CT molecular complexity index is 1560. The molecule has 2 fully saturated rings. The summed E-state index contributed by atoms with van der Waals surface area (Å²) < 4.78 is 12.6. The summed E-state index contributed by atoms with van der Waals surface area (Å²) in [5, 5.41) is 1.37. The van der Waals surface area contributed by atoms with Gasteiger partial charge in [0.2, 0.25) is 0 Å². The third-order valence-electron chi connectivity index (χ3n) is 9.83. The van der Waals surface area contributed by atoms with Gasteiger partial charge in [-0.25, -0.2) is 0 Å². The summed E-state index contributed by atoms with van der Waals surface area (Å²) in [6.45, 7) is 8.39. The molecule has 0 radical (unpaired) electrons. The van der Waals surface area contributed by atoms with Crippen molar-refractivity contribution in [2.24, 2.45) is 0 Å². The molecule has 3 nitrogen and oxygen atoms in total. The molecule has 6 rings (SSSR count). The molecule has 48 heavy (non-hydrogen) atoms. The number of rotatable bonds is 9. The molecule has 4 aromatic rings. The molecule has 2 saturated carbocycles. The first-order valence-corrected chi connectivity index (χ1v) is 19.0. The number of para-hydroxylation sites is 1. The van der Waals surface area contributed by atoms with Crippen molar-refractivity contribution in [1.29, 1.82) is 0 Å². The van der Waals surface area contributed by atoms with Crippen LogP contribution in [-0.2, 0) is 0 Å². The quantitative estimate of drug-likeness (QED) is 0.166. The van der Waals surface area contributed by atoms with Gasteiger partial charge in [-0.2, -0.15) is 0 Å². The van der Waals surface area contributed by atoms with Gasteiger partial charge >= 0.3 is 0 Å². The average molecular weight is 664 g/mol. The minimum atomic E-state index is 0.116. The third-order valence-corrected chi connectivity index (χ3v) is 10.5. The first-order chi connectivity index (χ1) is 23.2. The van der Waals surface area contributed by atoms with E-state index < -0.39 is 0 Å². The molecule has 0 bridgehead atoms. The number of hydrogen-bond acceptors (Lipinski definition) is 3. The fourth-order valence-electron chi connectivity index (χ4n) is 7.69. The van der Waals surface area contributed by atoms with Gasteiger partial charge in [-0.1, -0.05) is 105 Å². The summed E-state index contributed by atoms with van der Waals surface area (Å²) >= 11 is 0. The molecule has 0 aromatic heterocycles. The van der Waals surface area contributed by atoms with Crippen LogP contribution in [0.15, 0.2) is 84.9 Å². The fraction of sp³-hybridized carbons (Fsp3) is 0.455. The zero-order chi connectivity index (χ0) is 34.0. The lowest BCUT2D eigenvalue weighted by Crippen LogP contribution is -2.20. The van der Waals surface area contributed by atoms with Gasteiger partial charge in [-0.05, 0) is 111 Å². The van der Waals surface area contributed by atoms with Crippen LogP contribution in [0.4, 0.5) is 5.69 Å². The van der Waals surface area contributed by atoms with Crippen molar-refractivity contribution in [3.63, 3.8) is 0 Å². The largest absolute Gasteiger partial charge is 0.490 e. The summed E-state index contributed by atoms with van der Waals surface area (Å²) in [4.78, 5) is 2.14. The zero-order valence-electron chi connectivity index (χ0n) is 30.3. The Morgan fingerprint density at radius 2 is 1.12 bits per heavy atom. The Hall–Kier alpha value is -3.29. The highest BCUT2D eigenvalue weighted by molar-refractivity contribution is 7.28. The first-order valence-electron chi connectivity index (χ1n) is 18.4. The Kier molecular flexibility index (Phi) is 13.0. The van der Waals surface area contributed by atoms with E-state index in [0.29, 0.717) is 5.92 Å². The lowest BCUT2D eigenvalue weighted by Gasteiger charge is -2.32. The van der Waals surface area contributed by atoms with Crippen molar-refractivity contribution in [2.75, 3.05) is 19.0 Å². The summed E-state index contributed by atoms with van der Waals surface area (Å²) in [7, 11) is 7.31. The summed E-state index contributed by atoms with van der Waals surface area (Å²) in [5.41, 5.74) is 9.42. The van der Waals surface area contributed by atoms with E-state index in [-0.39, 0.29) is 12.2 Å². The summed E-state index contributed by atoms with van der Waals surface area (Å²) in [6, 6.07) is 30.0. The van der Waals surface area contributed by atoms with Crippen LogP contribution in [0.3, 0.4) is 0 Å². The van der Waals surface area contributed by atoms with Gasteiger partial charge in [0.25, 0.3) is 0 Å². The number of anilines is 1. The minimum Gasteiger partial charge on any atom is -0.490 e. The van der Waals surface area contributed by atoms with Gasteiger partial charge in [-0.15, -0.1) is 9.24 Å². The highest BCUT2D eigenvalue weighted by Crippen LogP contribution is 2.45. The molecule has 4 heteroatoms. The molecule has 1 unspecified atom stereocenters. The van der Waals surface area contributed by atoms with Gasteiger partial charge < -0.3 is 14.4 Å². The number of benzene rings is 4. The molecule has 1 atom stereocenters. The van der Waals surface area contributed by atoms with Gasteiger partial charge in [0.05, 0.1) is 17.8 Å². The lowest BCUT2D eigenvalue weighted by molar-refractivity contribution is 0.231. The van der Waals surface area contributed by atoms with Crippen LogP contribution in [0.2, 0.25) is 0 Å². The predicted octanol–water partition coefficient (Wildman–Crippen LogP) is 11.9. The van der Waals surface area contributed by atoms with E-state index in [2.05, 4.69) is 135 Å². The van der Waals surface area contributed by atoms with E-state index in [4.69, 9.17) is 9.47 Å². The van der Waals surface area contributed by atoms with Crippen LogP contribution >= 0.6 is 9.24 Å². The van der Waals surface area contributed by atoms with E-state index in [1.807, 2.05) is 6.07 Å². The van der Waals surface area contributed by atoms with Crippen molar-refractivity contribution in [2.45, 2.75) is 116 Å². The second kappa shape index (κ2) is 17.4. The molecule has 0 aliphatic heterocycles. The van der Waals surface area contributed by atoms with E-state index in [1.165, 1.54) is 91.9 Å². The highest BCUT2D eigenvalue weighted by atomic mass is 31.0. The summed E-state index contributed by atoms with van der Waals surface area (Å²) in [5.74, 6) is 3.24. The minimum absolute atomic E-state index is 0.116. The normalized spacial score (nSPS) is 15.6. The molecule has 2 aliphatic carbocycles. The molecule has 0 saturated heterocycles. The Morgan fingerprint density at radius 3 is 1.69 bits per heavy atom. The Labute approximate surface area is 293 Å². The van der Waals surface area contributed by atoms with Gasteiger partial charge in [-0.3, -0.25) is 0 Å². The molecule has 0 amide bonds. The van der Waals surface area contributed by atoms with Crippen molar-refractivity contribution in [1.82, 2.24) is 0 Å². The monoisotopic (exact) mass is 663 g/mol. The van der Waals surface area contributed by atoms with Crippen molar-refractivity contribution >= 4 is 20.2 Å². The standard InChI is InChI=1S/C30H43O2P.C14H15N/c1-20(2)31-26-16-11-17-27(32-21(3)4)29(26)25-19-18-24(22-12-7-5-8-13-22)28(30(25)33)23-14-9-6-10-15-23;1-15(2)14-11-7-6-10-13(14)12-8-4-3-5-9-12/h11,16-23H,5-10,12-15,33H2,1-4H3;3-11H,1-2H3. The molecule has 4 aromatic carbocycles. The Balaban J connectivity index is 0.000000250. The van der Waals surface area contributed by atoms with E-state index in [1.54, 1.807) is 11.1 Å². The van der Waals surface area contributed by atoms with Crippen LogP contribution < -0.4 is 19.7 Å². The molecule has 0 heterocycles. The van der Waals surface area contributed by atoms with E-state index in [9.17, 15) is 0 Å².